The first-order chi connectivity index (χ1) is 21.4. The van der Waals surface area contributed by atoms with Crippen LogP contribution in [0.25, 0.3) is 22.3 Å². The Balaban J connectivity index is 1.50. The molecule has 2 aromatic carbocycles. The fourth-order valence-electron chi connectivity index (χ4n) is 5.01. The van der Waals surface area contributed by atoms with Crippen LogP contribution in [-0.4, -0.2) is 129 Å². The van der Waals surface area contributed by atoms with Crippen LogP contribution in [-0.2, 0) is 14.2 Å². The molecule has 1 aromatic heterocycles. The molecule has 0 saturated carbocycles. The number of aliphatic hydroxyl groups excluding tert-OH is 6. The third kappa shape index (κ3) is 5.92. The van der Waals surface area contributed by atoms with Crippen molar-refractivity contribution in [1.29, 1.82) is 0 Å². The summed E-state index contributed by atoms with van der Waals surface area (Å²) < 4.78 is 38.4. The summed E-state index contributed by atoms with van der Waals surface area (Å²) in [5.74, 6) is -2.99. The third-order valence-electron chi connectivity index (χ3n) is 7.46. The first-order valence-electron chi connectivity index (χ1n) is 13.5. The second-order valence-electron chi connectivity index (χ2n) is 10.3. The van der Waals surface area contributed by atoms with Gasteiger partial charge in [-0.2, -0.15) is 0 Å². The number of phenols is 3. The molecule has 0 radical (unpaired) electrons. The Morgan fingerprint density at radius 2 is 1.47 bits per heavy atom. The van der Waals surface area contributed by atoms with Crippen LogP contribution in [0.15, 0.2) is 33.5 Å². The molecule has 9 atom stereocenters. The first-order valence-corrected chi connectivity index (χ1v) is 13.5. The average molecular weight is 641 g/mol. The Bertz CT molecular complexity index is 1590. The molecule has 2 aliphatic rings. The zero-order valence-corrected chi connectivity index (χ0v) is 23.7. The van der Waals surface area contributed by atoms with Crippen molar-refractivity contribution in [2.24, 2.45) is 0 Å². The van der Waals surface area contributed by atoms with Crippen LogP contribution in [0.2, 0.25) is 0 Å². The van der Waals surface area contributed by atoms with Crippen LogP contribution in [0.4, 0.5) is 0 Å². The van der Waals surface area contributed by atoms with Crippen LogP contribution in [0.5, 0.6) is 34.5 Å². The van der Waals surface area contributed by atoms with E-state index in [9.17, 15) is 50.8 Å². The number of rotatable bonds is 8. The van der Waals surface area contributed by atoms with Crippen LogP contribution in [0.1, 0.15) is 0 Å². The van der Waals surface area contributed by atoms with Gasteiger partial charge in [-0.25, -0.2) is 0 Å². The van der Waals surface area contributed by atoms with Gasteiger partial charge in [-0.05, 0) is 18.2 Å². The minimum atomic E-state index is -1.93. The molecule has 45 heavy (non-hydrogen) atoms. The molecule has 9 N–H and O–H groups in total. The van der Waals surface area contributed by atoms with E-state index in [1.165, 1.54) is 13.2 Å². The Labute approximate surface area is 253 Å². The maximum atomic E-state index is 13.8. The van der Waals surface area contributed by atoms with Crippen molar-refractivity contribution >= 4 is 11.0 Å². The smallest absolute Gasteiger partial charge is 0.239 e. The average Bonchev–Trinajstić information content (AvgIpc) is 3.01. The highest BCUT2D eigenvalue weighted by molar-refractivity contribution is 5.91. The Kier molecular flexibility index (Phi) is 9.26. The number of aromatic hydroxyl groups is 3. The molecule has 246 valence electrons. The second-order valence-corrected chi connectivity index (χ2v) is 10.3. The maximum Gasteiger partial charge on any atom is 0.239 e. The van der Waals surface area contributed by atoms with Gasteiger partial charge in [0.05, 0.1) is 27.4 Å². The SMILES string of the molecule is COc1c(O)cc2oc(-c3ccc(O)c(O)c3)c(OC)c(=O)c2c1O[C@@H]1OC(CO[C@@H]2OCC(O)[C@H](O)C2O)[C@@H](O)[C@H](O)C1O. The van der Waals surface area contributed by atoms with Crippen molar-refractivity contribution in [1.82, 2.24) is 0 Å². The molecule has 0 spiro atoms. The van der Waals surface area contributed by atoms with E-state index in [4.69, 9.17) is 32.8 Å². The summed E-state index contributed by atoms with van der Waals surface area (Å²) in [6.07, 6.45) is -14.9. The summed E-state index contributed by atoms with van der Waals surface area (Å²) in [5.41, 5.74) is -1.00. The van der Waals surface area contributed by atoms with Gasteiger partial charge >= 0.3 is 0 Å². The summed E-state index contributed by atoms with van der Waals surface area (Å²) in [5, 5.41) is 91.5. The monoisotopic (exact) mass is 640 g/mol. The molecule has 0 bridgehead atoms. The molecular formula is C28H32O17. The number of hydrogen-bond acceptors (Lipinski definition) is 17. The van der Waals surface area contributed by atoms with Gasteiger partial charge < -0.3 is 78.8 Å². The fourth-order valence-corrected chi connectivity index (χ4v) is 5.01. The zero-order valence-electron chi connectivity index (χ0n) is 23.7. The predicted octanol–water partition coefficient (Wildman–Crippen LogP) is -1.76. The molecule has 2 fully saturated rings. The van der Waals surface area contributed by atoms with Gasteiger partial charge in [0.25, 0.3) is 0 Å². The van der Waals surface area contributed by atoms with Crippen molar-refractivity contribution < 1.29 is 78.8 Å². The number of aliphatic hydroxyl groups is 6. The van der Waals surface area contributed by atoms with Crippen LogP contribution < -0.4 is 19.6 Å². The summed E-state index contributed by atoms with van der Waals surface area (Å²) in [6.45, 7) is -0.942. The lowest BCUT2D eigenvalue weighted by atomic mass is 9.99. The van der Waals surface area contributed by atoms with Crippen LogP contribution in [0.3, 0.4) is 0 Å². The third-order valence-corrected chi connectivity index (χ3v) is 7.46. The summed E-state index contributed by atoms with van der Waals surface area (Å²) >= 11 is 0. The number of hydrogen-bond donors (Lipinski definition) is 9. The number of benzene rings is 2. The van der Waals surface area contributed by atoms with Crippen LogP contribution in [0, 0.1) is 0 Å². The standard InChI is InChI=1S/C28H32O17/c1-39-24-12(31)6-14-16(19(35)26(40-2)23(43-14)9-3-4-10(29)11(30)5-9)25(24)45-28-22(38)20(36)18(34)15(44-28)8-42-27-21(37)17(33)13(32)7-41-27/h3-6,13,15,17-18,20-22,27-34,36-38H,7-8H2,1-2H3/t13?,15?,17-,18+,20-,21?,22?,27-,28-/m0/s1. The molecule has 0 aliphatic carbocycles. The Morgan fingerprint density at radius 1 is 0.778 bits per heavy atom. The number of phenolic OH excluding ortho intramolecular Hbond substituents is 3. The van der Waals surface area contributed by atoms with E-state index in [1.807, 2.05) is 0 Å². The second kappa shape index (κ2) is 12.8. The highest BCUT2D eigenvalue weighted by atomic mass is 16.7. The van der Waals surface area contributed by atoms with Gasteiger partial charge in [0, 0.05) is 11.6 Å². The lowest BCUT2D eigenvalue weighted by Crippen LogP contribution is -2.61. The minimum absolute atomic E-state index is 0.124. The van der Waals surface area contributed by atoms with E-state index < -0.39 is 96.1 Å². The predicted molar refractivity (Wildman–Crippen MR) is 147 cm³/mol. The van der Waals surface area contributed by atoms with E-state index in [0.29, 0.717) is 0 Å². The molecule has 3 heterocycles. The molecule has 4 unspecified atom stereocenters. The van der Waals surface area contributed by atoms with Gasteiger partial charge in [-0.1, -0.05) is 0 Å². The number of ether oxygens (including phenoxy) is 6. The van der Waals surface area contributed by atoms with E-state index >= 15 is 0 Å². The minimum Gasteiger partial charge on any atom is -0.504 e. The van der Waals surface area contributed by atoms with E-state index in [-0.39, 0.29) is 34.6 Å². The molecule has 3 aromatic rings. The molecule has 5 rings (SSSR count). The van der Waals surface area contributed by atoms with Crippen molar-refractivity contribution in [3.05, 3.63) is 34.5 Å². The highest BCUT2D eigenvalue weighted by Crippen LogP contribution is 2.45. The number of fused-ring (bicyclic) bond motifs is 1. The molecule has 2 saturated heterocycles. The van der Waals surface area contributed by atoms with Crippen molar-refractivity contribution in [3.63, 3.8) is 0 Å². The summed E-state index contributed by atoms with van der Waals surface area (Å²) in [6, 6.07) is 4.65. The Morgan fingerprint density at radius 3 is 2.13 bits per heavy atom. The largest absolute Gasteiger partial charge is 0.504 e. The van der Waals surface area contributed by atoms with Gasteiger partial charge in [-0.15, -0.1) is 0 Å². The van der Waals surface area contributed by atoms with Crippen LogP contribution >= 0.6 is 0 Å². The topological polar surface area (TPSA) is 268 Å². The normalized spacial score (nSPS) is 30.3. The zero-order chi connectivity index (χ0) is 32.7. The Hall–Kier alpha value is -3.91. The van der Waals surface area contributed by atoms with Crippen molar-refractivity contribution in [2.75, 3.05) is 27.4 Å². The van der Waals surface area contributed by atoms with Gasteiger partial charge in [0.1, 0.15) is 53.7 Å². The van der Waals surface area contributed by atoms with Gasteiger partial charge in [0.15, 0.2) is 35.0 Å². The van der Waals surface area contributed by atoms with E-state index in [2.05, 4.69) is 0 Å². The molecule has 17 nitrogen and oxygen atoms in total. The molecule has 0 amide bonds. The lowest BCUT2D eigenvalue weighted by Gasteiger charge is -2.41. The molecule has 2 aliphatic heterocycles. The fraction of sp³-hybridized carbons (Fsp3) is 0.464. The van der Waals surface area contributed by atoms with Crippen molar-refractivity contribution in [3.8, 4) is 45.8 Å². The quantitative estimate of drug-likeness (QED) is 0.123. The van der Waals surface area contributed by atoms with Gasteiger partial charge in [0.2, 0.25) is 23.2 Å². The lowest BCUT2D eigenvalue weighted by molar-refractivity contribution is -0.307. The van der Waals surface area contributed by atoms with Gasteiger partial charge in [-0.3, -0.25) is 4.79 Å². The molecular weight excluding hydrogens is 608 g/mol. The number of methoxy groups -OCH3 is 2. The summed E-state index contributed by atoms with van der Waals surface area (Å²) in [7, 11) is 2.32. The first kappa shape index (κ1) is 32.5. The summed E-state index contributed by atoms with van der Waals surface area (Å²) in [4.78, 5) is 13.8. The van der Waals surface area contributed by atoms with E-state index in [1.54, 1.807) is 0 Å². The maximum absolute atomic E-state index is 13.8. The molecule has 17 heteroatoms. The van der Waals surface area contributed by atoms with Crippen molar-refractivity contribution in [2.45, 2.75) is 55.3 Å². The highest BCUT2D eigenvalue weighted by Gasteiger charge is 2.47. The van der Waals surface area contributed by atoms with E-state index in [0.717, 1.165) is 25.3 Å².